The molecule has 0 saturated heterocycles. The van der Waals surface area contributed by atoms with E-state index in [2.05, 4.69) is 19.6 Å². The molecule has 0 aromatic carbocycles. The summed E-state index contributed by atoms with van der Waals surface area (Å²) in [5, 5.41) is 0. The van der Waals surface area contributed by atoms with Crippen LogP contribution in [0, 0.1) is 23.7 Å². The van der Waals surface area contributed by atoms with Crippen LogP contribution in [0.25, 0.3) is 0 Å². The van der Waals surface area contributed by atoms with Crippen LogP contribution in [0.1, 0.15) is 32.1 Å². The molecule has 1 radical (unpaired) electrons. The molecular formula is C13H23Si. The summed E-state index contributed by atoms with van der Waals surface area (Å²) in [4.78, 5) is 0. The van der Waals surface area contributed by atoms with Crippen LogP contribution in [-0.4, -0.2) is 8.07 Å². The van der Waals surface area contributed by atoms with Crippen molar-refractivity contribution < 1.29 is 0 Å². The molecule has 4 saturated carbocycles. The molecule has 4 aliphatic rings. The fraction of sp³-hybridized carbons (Fsp3) is 0.923. The molecule has 4 fully saturated rings. The maximum Gasteiger partial charge on any atom is 0.0482 e. The van der Waals surface area contributed by atoms with Gasteiger partial charge in [-0.05, 0) is 61.3 Å². The Morgan fingerprint density at radius 3 is 1.93 bits per heavy atom. The van der Waals surface area contributed by atoms with Gasteiger partial charge >= 0.3 is 0 Å². The maximum atomic E-state index is 2.59. The van der Waals surface area contributed by atoms with Crippen molar-refractivity contribution in [2.24, 2.45) is 17.8 Å². The molecule has 0 aliphatic heterocycles. The Bertz CT molecular complexity index is 210. The molecule has 0 spiro atoms. The molecule has 0 amide bonds. The molecule has 0 nitrogen and oxygen atoms in total. The van der Waals surface area contributed by atoms with Gasteiger partial charge in [-0.2, -0.15) is 0 Å². The highest BCUT2D eigenvalue weighted by Crippen LogP contribution is 2.62. The van der Waals surface area contributed by atoms with Gasteiger partial charge in [-0.25, -0.2) is 0 Å². The SMILES string of the molecule is C[Si](C)(C)C1[C]2CC3CC(C2)CC1C3. The lowest BCUT2D eigenvalue weighted by atomic mass is 9.56. The quantitative estimate of drug-likeness (QED) is 0.568. The van der Waals surface area contributed by atoms with Crippen LogP contribution >= 0.6 is 0 Å². The molecule has 0 aromatic heterocycles. The summed E-state index contributed by atoms with van der Waals surface area (Å²) >= 11 is 0. The van der Waals surface area contributed by atoms with Crippen LogP contribution in [-0.2, 0) is 0 Å². The zero-order chi connectivity index (χ0) is 9.92. The standard InChI is InChI=1S/C13H23Si/c1-14(2,3)13-11-5-9-4-10(7-11)8-12(13)6-9/h9-11,13H,4-8H2,1-3H3. The van der Waals surface area contributed by atoms with E-state index in [1.807, 2.05) is 5.92 Å². The van der Waals surface area contributed by atoms with Crippen molar-refractivity contribution in [3.05, 3.63) is 5.92 Å². The molecule has 4 bridgehead atoms. The van der Waals surface area contributed by atoms with E-state index in [0.717, 1.165) is 23.3 Å². The lowest BCUT2D eigenvalue weighted by molar-refractivity contribution is 0.0899. The average Bonchev–Trinajstić information content (AvgIpc) is 1.97. The highest BCUT2D eigenvalue weighted by molar-refractivity contribution is 6.78. The minimum Gasteiger partial charge on any atom is -0.0693 e. The molecule has 79 valence electrons. The third-order valence-electron chi connectivity index (χ3n) is 4.88. The van der Waals surface area contributed by atoms with Crippen molar-refractivity contribution in [3.63, 3.8) is 0 Å². The average molecular weight is 207 g/mol. The summed E-state index contributed by atoms with van der Waals surface area (Å²) in [6.45, 7) is 7.77. The van der Waals surface area contributed by atoms with Crippen LogP contribution < -0.4 is 0 Å². The fourth-order valence-corrected chi connectivity index (χ4v) is 8.10. The van der Waals surface area contributed by atoms with E-state index in [4.69, 9.17) is 0 Å². The smallest absolute Gasteiger partial charge is 0.0482 e. The Balaban J connectivity index is 1.88. The van der Waals surface area contributed by atoms with E-state index in [1.54, 1.807) is 19.3 Å². The fourth-order valence-electron chi connectivity index (χ4n) is 4.95. The maximum absolute atomic E-state index is 2.59. The summed E-state index contributed by atoms with van der Waals surface area (Å²) in [6.07, 6.45) is 7.83. The predicted octanol–water partition coefficient (Wildman–Crippen LogP) is 4.11. The lowest BCUT2D eigenvalue weighted by Crippen LogP contribution is -2.49. The molecule has 1 heteroatoms. The van der Waals surface area contributed by atoms with E-state index in [0.29, 0.717) is 0 Å². The summed E-state index contributed by atoms with van der Waals surface area (Å²) in [6, 6.07) is 0. The van der Waals surface area contributed by atoms with Crippen LogP contribution in [0.2, 0.25) is 25.2 Å². The minimum atomic E-state index is -0.898. The Hall–Kier alpha value is 0.217. The van der Waals surface area contributed by atoms with Crippen molar-refractivity contribution in [1.29, 1.82) is 0 Å². The van der Waals surface area contributed by atoms with Gasteiger partial charge in [0.05, 0.1) is 0 Å². The van der Waals surface area contributed by atoms with E-state index in [-0.39, 0.29) is 0 Å². The first kappa shape index (κ1) is 9.44. The van der Waals surface area contributed by atoms with Crippen molar-refractivity contribution in [2.45, 2.75) is 57.3 Å². The molecule has 4 rings (SSSR count). The van der Waals surface area contributed by atoms with E-state index in [1.165, 1.54) is 12.8 Å². The predicted molar refractivity (Wildman–Crippen MR) is 63.9 cm³/mol. The Labute approximate surface area is 89.5 Å². The summed E-state index contributed by atoms with van der Waals surface area (Å²) < 4.78 is 0. The second kappa shape index (κ2) is 2.87. The van der Waals surface area contributed by atoms with Crippen molar-refractivity contribution in [1.82, 2.24) is 0 Å². The van der Waals surface area contributed by atoms with Gasteiger partial charge in [0.25, 0.3) is 0 Å². The van der Waals surface area contributed by atoms with Gasteiger partial charge in [-0.15, -0.1) is 0 Å². The molecular weight excluding hydrogens is 184 g/mol. The highest BCUT2D eigenvalue weighted by Gasteiger charge is 2.52. The van der Waals surface area contributed by atoms with Crippen molar-refractivity contribution >= 4 is 8.07 Å². The van der Waals surface area contributed by atoms with E-state index < -0.39 is 8.07 Å². The minimum absolute atomic E-state index is 0.898. The van der Waals surface area contributed by atoms with Gasteiger partial charge in [0, 0.05) is 8.07 Å². The normalized spacial score (nSPS) is 47.4. The third kappa shape index (κ3) is 1.31. The summed E-state index contributed by atoms with van der Waals surface area (Å²) in [5.74, 6) is 5.39. The van der Waals surface area contributed by atoms with Crippen LogP contribution in [0.15, 0.2) is 0 Å². The zero-order valence-corrected chi connectivity index (χ0v) is 10.8. The molecule has 3 unspecified atom stereocenters. The topological polar surface area (TPSA) is 0 Å². The first-order chi connectivity index (χ1) is 6.54. The van der Waals surface area contributed by atoms with Crippen LogP contribution in [0.5, 0.6) is 0 Å². The molecule has 0 N–H and O–H groups in total. The molecule has 3 atom stereocenters. The first-order valence-electron chi connectivity index (χ1n) is 6.38. The van der Waals surface area contributed by atoms with Gasteiger partial charge in [0.1, 0.15) is 0 Å². The Morgan fingerprint density at radius 2 is 1.50 bits per heavy atom. The number of hydrogen-bond acceptors (Lipinski definition) is 0. The molecule has 14 heavy (non-hydrogen) atoms. The largest absolute Gasteiger partial charge is 0.0693 e. The first-order valence-corrected chi connectivity index (χ1v) is 9.96. The monoisotopic (exact) mass is 207 g/mol. The van der Waals surface area contributed by atoms with Gasteiger partial charge in [-0.1, -0.05) is 19.6 Å². The molecule has 4 aliphatic carbocycles. The lowest BCUT2D eigenvalue weighted by Gasteiger charge is -2.57. The third-order valence-corrected chi connectivity index (χ3v) is 7.63. The van der Waals surface area contributed by atoms with E-state index in [9.17, 15) is 0 Å². The van der Waals surface area contributed by atoms with E-state index >= 15 is 0 Å². The van der Waals surface area contributed by atoms with Gasteiger partial charge in [0.2, 0.25) is 0 Å². The zero-order valence-electron chi connectivity index (χ0n) is 9.84. The molecule has 0 heterocycles. The second-order valence-corrected chi connectivity index (χ2v) is 12.5. The van der Waals surface area contributed by atoms with Crippen LogP contribution in [0.3, 0.4) is 0 Å². The Kier molecular flexibility index (Phi) is 1.94. The van der Waals surface area contributed by atoms with Gasteiger partial charge in [0.15, 0.2) is 0 Å². The summed E-state index contributed by atoms with van der Waals surface area (Å²) in [5.41, 5.74) is 1.11. The second-order valence-electron chi connectivity index (χ2n) is 7.11. The summed E-state index contributed by atoms with van der Waals surface area (Å²) in [7, 11) is -0.898. The molecule has 0 aromatic rings. The number of hydrogen-bond donors (Lipinski definition) is 0. The van der Waals surface area contributed by atoms with Crippen LogP contribution in [0.4, 0.5) is 0 Å². The van der Waals surface area contributed by atoms with Crippen molar-refractivity contribution in [3.8, 4) is 0 Å². The van der Waals surface area contributed by atoms with Crippen molar-refractivity contribution in [2.75, 3.05) is 0 Å². The van der Waals surface area contributed by atoms with Gasteiger partial charge in [-0.3, -0.25) is 0 Å². The highest BCUT2D eigenvalue weighted by atomic mass is 28.3. The van der Waals surface area contributed by atoms with Gasteiger partial charge < -0.3 is 0 Å². The number of rotatable bonds is 1. The Morgan fingerprint density at radius 1 is 0.929 bits per heavy atom.